The van der Waals surface area contributed by atoms with Crippen LogP contribution in [-0.2, 0) is 6.42 Å². The molecule has 0 fully saturated rings. The lowest BCUT2D eigenvalue weighted by molar-refractivity contribution is 0.103. The molecule has 0 amide bonds. The summed E-state index contributed by atoms with van der Waals surface area (Å²) in [5.74, 6) is 0.938. The Labute approximate surface area is 123 Å². The molecule has 0 N–H and O–H groups in total. The molecular formula is C17H15ClO2. The number of hydrogen-bond acceptors (Lipinski definition) is 2. The number of rotatable bonds is 2. The lowest BCUT2D eigenvalue weighted by atomic mass is 9.96. The second kappa shape index (κ2) is 5.29. The van der Waals surface area contributed by atoms with Gasteiger partial charge >= 0.3 is 0 Å². The van der Waals surface area contributed by atoms with Crippen molar-refractivity contribution in [1.29, 1.82) is 0 Å². The third-order valence-corrected chi connectivity index (χ3v) is 3.84. The molecule has 2 nitrogen and oxygen atoms in total. The second-order valence-corrected chi connectivity index (χ2v) is 5.50. The fourth-order valence-corrected chi connectivity index (χ4v) is 2.77. The van der Waals surface area contributed by atoms with Gasteiger partial charge in [-0.25, -0.2) is 0 Å². The van der Waals surface area contributed by atoms with Gasteiger partial charge in [0.2, 0.25) is 0 Å². The van der Waals surface area contributed by atoms with Crippen molar-refractivity contribution in [2.45, 2.75) is 19.8 Å². The van der Waals surface area contributed by atoms with Gasteiger partial charge in [-0.15, -0.1) is 0 Å². The molecule has 20 heavy (non-hydrogen) atoms. The molecule has 2 aromatic rings. The number of halogens is 1. The van der Waals surface area contributed by atoms with E-state index < -0.39 is 0 Å². The molecule has 0 radical (unpaired) electrons. The van der Waals surface area contributed by atoms with Crippen molar-refractivity contribution in [3.05, 3.63) is 63.7 Å². The molecule has 0 atom stereocenters. The average molecular weight is 287 g/mol. The van der Waals surface area contributed by atoms with E-state index in [0.717, 1.165) is 36.3 Å². The first kappa shape index (κ1) is 13.2. The first-order valence-electron chi connectivity index (χ1n) is 6.72. The summed E-state index contributed by atoms with van der Waals surface area (Å²) < 4.78 is 5.57. The summed E-state index contributed by atoms with van der Waals surface area (Å²) in [5.41, 5.74) is 3.43. The molecule has 0 aromatic heterocycles. The monoisotopic (exact) mass is 286 g/mol. The Morgan fingerprint density at radius 1 is 1.20 bits per heavy atom. The Morgan fingerprint density at radius 2 is 2.05 bits per heavy atom. The highest BCUT2D eigenvalue weighted by molar-refractivity contribution is 6.30. The van der Waals surface area contributed by atoms with E-state index >= 15 is 0 Å². The van der Waals surface area contributed by atoms with E-state index in [0.29, 0.717) is 16.1 Å². The minimum atomic E-state index is 0.0348. The van der Waals surface area contributed by atoms with Gasteiger partial charge in [0.25, 0.3) is 0 Å². The van der Waals surface area contributed by atoms with Crippen LogP contribution in [0, 0.1) is 6.92 Å². The van der Waals surface area contributed by atoms with Gasteiger partial charge in [-0.2, -0.15) is 0 Å². The number of aryl methyl sites for hydroxylation is 2. The van der Waals surface area contributed by atoms with Crippen molar-refractivity contribution in [1.82, 2.24) is 0 Å². The summed E-state index contributed by atoms with van der Waals surface area (Å²) in [6.07, 6.45) is 1.97. The lowest BCUT2D eigenvalue weighted by Crippen LogP contribution is -2.10. The normalized spacial score (nSPS) is 13.5. The predicted octanol–water partition coefficient (Wildman–Crippen LogP) is 4.20. The third kappa shape index (κ3) is 2.44. The smallest absolute Gasteiger partial charge is 0.193 e. The minimum Gasteiger partial charge on any atom is -0.493 e. The SMILES string of the molecule is Cc1cc(Cl)ccc1C(=O)c1ccc2c(c1)CCCO2. The van der Waals surface area contributed by atoms with Crippen LogP contribution in [0.2, 0.25) is 5.02 Å². The maximum atomic E-state index is 12.6. The fraction of sp³-hybridized carbons (Fsp3) is 0.235. The number of carbonyl (C=O) groups is 1. The van der Waals surface area contributed by atoms with Crippen LogP contribution in [0.15, 0.2) is 36.4 Å². The largest absolute Gasteiger partial charge is 0.493 e. The molecule has 0 aliphatic carbocycles. The number of fused-ring (bicyclic) bond motifs is 1. The summed E-state index contributed by atoms with van der Waals surface area (Å²) >= 11 is 5.93. The zero-order valence-corrected chi connectivity index (χ0v) is 12.0. The Kier molecular flexibility index (Phi) is 3.49. The molecular weight excluding hydrogens is 272 g/mol. The Hall–Kier alpha value is -1.80. The number of ketones is 1. The van der Waals surface area contributed by atoms with Crippen molar-refractivity contribution in [2.75, 3.05) is 6.61 Å². The summed E-state index contributed by atoms with van der Waals surface area (Å²) in [4.78, 5) is 12.6. The number of hydrogen-bond donors (Lipinski definition) is 0. The Balaban J connectivity index is 1.98. The molecule has 3 heteroatoms. The zero-order chi connectivity index (χ0) is 14.1. The second-order valence-electron chi connectivity index (χ2n) is 5.06. The molecule has 0 spiro atoms. The van der Waals surface area contributed by atoms with E-state index in [2.05, 4.69) is 0 Å². The standard InChI is InChI=1S/C17H15ClO2/c1-11-9-14(18)5-6-15(11)17(19)13-4-7-16-12(10-13)3-2-8-20-16/h4-7,9-10H,2-3,8H2,1H3. The molecule has 0 saturated heterocycles. The van der Waals surface area contributed by atoms with Gasteiger partial charge in [-0.1, -0.05) is 11.6 Å². The Bertz CT molecular complexity index is 677. The topological polar surface area (TPSA) is 26.3 Å². The quantitative estimate of drug-likeness (QED) is 0.773. The van der Waals surface area contributed by atoms with Crippen LogP contribution in [0.3, 0.4) is 0 Å². The number of ether oxygens (including phenoxy) is 1. The number of carbonyl (C=O) groups excluding carboxylic acids is 1. The van der Waals surface area contributed by atoms with E-state index in [1.807, 2.05) is 31.2 Å². The zero-order valence-electron chi connectivity index (χ0n) is 11.3. The molecule has 0 unspecified atom stereocenters. The van der Waals surface area contributed by atoms with Gasteiger partial charge < -0.3 is 4.74 Å². The van der Waals surface area contributed by atoms with Crippen molar-refractivity contribution >= 4 is 17.4 Å². The van der Waals surface area contributed by atoms with Crippen LogP contribution < -0.4 is 4.74 Å². The van der Waals surface area contributed by atoms with Crippen molar-refractivity contribution in [3.8, 4) is 5.75 Å². The van der Waals surface area contributed by atoms with Crippen LogP contribution in [0.1, 0.15) is 33.5 Å². The van der Waals surface area contributed by atoms with Crippen molar-refractivity contribution in [3.63, 3.8) is 0 Å². The van der Waals surface area contributed by atoms with Crippen LogP contribution in [0.5, 0.6) is 5.75 Å². The van der Waals surface area contributed by atoms with E-state index in [4.69, 9.17) is 16.3 Å². The number of benzene rings is 2. The first-order chi connectivity index (χ1) is 9.65. The summed E-state index contributed by atoms with van der Waals surface area (Å²) in [6, 6.07) is 11.0. The lowest BCUT2D eigenvalue weighted by Gasteiger charge is -2.17. The highest BCUT2D eigenvalue weighted by atomic mass is 35.5. The molecule has 102 valence electrons. The van der Waals surface area contributed by atoms with Crippen molar-refractivity contribution < 1.29 is 9.53 Å². The maximum absolute atomic E-state index is 12.6. The van der Waals surface area contributed by atoms with Gasteiger partial charge in [0.15, 0.2) is 5.78 Å². The van der Waals surface area contributed by atoms with Gasteiger partial charge in [-0.3, -0.25) is 4.79 Å². The van der Waals surface area contributed by atoms with Gasteiger partial charge in [0, 0.05) is 16.1 Å². The van der Waals surface area contributed by atoms with Crippen LogP contribution >= 0.6 is 11.6 Å². The molecule has 1 aliphatic heterocycles. The summed E-state index contributed by atoms with van der Waals surface area (Å²) in [6.45, 7) is 2.66. The first-order valence-corrected chi connectivity index (χ1v) is 7.09. The van der Waals surface area contributed by atoms with Gasteiger partial charge in [-0.05, 0) is 67.3 Å². The maximum Gasteiger partial charge on any atom is 0.193 e. The predicted molar refractivity (Wildman–Crippen MR) is 79.9 cm³/mol. The molecule has 0 bridgehead atoms. The van der Waals surface area contributed by atoms with Gasteiger partial charge in [0.05, 0.1) is 6.61 Å². The molecule has 1 heterocycles. The molecule has 0 saturated carbocycles. The summed E-state index contributed by atoms with van der Waals surface area (Å²) in [7, 11) is 0. The Morgan fingerprint density at radius 3 is 2.85 bits per heavy atom. The molecule has 1 aliphatic rings. The highest BCUT2D eigenvalue weighted by Gasteiger charge is 2.16. The van der Waals surface area contributed by atoms with E-state index in [-0.39, 0.29) is 5.78 Å². The minimum absolute atomic E-state index is 0.0348. The van der Waals surface area contributed by atoms with Gasteiger partial charge in [0.1, 0.15) is 5.75 Å². The van der Waals surface area contributed by atoms with Crippen LogP contribution in [0.4, 0.5) is 0 Å². The molecule has 3 rings (SSSR count). The van der Waals surface area contributed by atoms with Crippen molar-refractivity contribution in [2.24, 2.45) is 0 Å². The highest BCUT2D eigenvalue weighted by Crippen LogP contribution is 2.27. The third-order valence-electron chi connectivity index (χ3n) is 3.60. The van der Waals surface area contributed by atoms with E-state index in [9.17, 15) is 4.79 Å². The van der Waals surface area contributed by atoms with Crippen LogP contribution in [-0.4, -0.2) is 12.4 Å². The fourth-order valence-electron chi connectivity index (χ4n) is 2.54. The molecule has 2 aromatic carbocycles. The van der Waals surface area contributed by atoms with E-state index in [1.54, 1.807) is 12.1 Å². The van der Waals surface area contributed by atoms with Crippen LogP contribution in [0.25, 0.3) is 0 Å². The summed E-state index contributed by atoms with van der Waals surface area (Å²) in [5, 5.41) is 0.651. The average Bonchev–Trinajstić information content (AvgIpc) is 2.46. The van der Waals surface area contributed by atoms with E-state index in [1.165, 1.54) is 0 Å².